The average molecular weight is 204 g/mol. The van der Waals surface area contributed by atoms with Crippen molar-refractivity contribution in [2.75, 3.05) is 6.61 Å². The van der Waals surface area contributed by atoms with E-state index in [2.05, 4.69) is 9.97 Å². The third kappa shape index (κ3) is 1.88. The third-order valence-electron chi connectivity index (χ3n) is 2.17. The minimum atomic E-state index is -0.423. The van der Waals surface area contributed by atoms with Crippen molar-refractivity contribution in [3.05, 3.63) is 42.7 Å². The van der Waals surface area contributed by atoms with E-state index in [1.54, 1.807) is 24.9 Å². The minimum absolute atomic E-state index is 0.105. The molecule has 2 rings (SSSR count). The van der Waals surface area contributed by atoms with Gasteiger partial charge in [-0.25, -0.2) is 4.98 Å². The zero-order chi connectivity index (χ0) is 10.7. The normalized spacial score (nSPS) is 12.7. The summed E-state index contributed by atoms with van der Waals surface area (Å²) >= 11 is 0. The monoisotopic (exact) mass is 204 g/mol. The molecule has 0 aliphatic carbocycles. The van der Waals surface area contributed by atoms with Crippen LogP contribution in [0.4, 0.5) is 0 Å². The zero-order valence-corrected chi connectivity index (χ0v) is 8.11. The molecule has 15 heavy (non-hydrogen) atoms. The lowest BCUT2D eigenvalue weighted by molar-refractivity contribution is 0.265. The summed E-state index contributed by atoms with van der Waals surface area (Å²) in [5.74, 6) is 0. The Kier molecular flexibility index (Phi) is 2.75. The van der Waals surface area contributed by atoms with Gasteiger partial charge in [0.25, 0.3) is 0 Å². The van der Waals surface area contributed by atoms with Crippen molar-refractivity contribution in [2.24, 2.45) is 5.73 Å². The molecular formula is C10H12N4O. The molecule has 2 aromatic rings. The van der Waals surface area contributed by atoms with Crippen molar-refractivity contribution in [3.8, 4) is 5.69 Å². The molecule has 0 bridgehead atoms. The molecule has 0 saturated carbocycles. The molecule has 5 heteroatoms. The second kappa shape index (κ2) is 4.20. The minimum Gasteiger partial charge on any atom is -0.394 e. The number of hydrogen-bond acceptors (Lipinski definition) is 4. The van der Waals surface area contributed by atoms with Crippen LogP contribution in [0.25, 0.3) is 5.69 Å². The summed E-state index contributed by atoms with van der Waals surface area (Å²) in [5.41, 5.74) is 7.40. The molecule has 1 unspecified atom stereocenters. The largest absolute Gasteiger partial charge is 0.394 e. The highest BCUT2D eigenvalue weighted by molar-refractivity contribution is 5.31. The fourth-order valence-electron chi connectivity index (χ4n) is 1.39. The van der Waals surface area contributed by atoms with Crippen LogP contribution in [0, 0.1) is 0 Å². The van der Waals surface area contributed by atoms with E-state index in [0.29, 0.717) is 0 Å². The maximum atomic E-state index is 9.00. The van der Waals surface area contributed by atoms with E-state index >= 15 is 0 Å². The van der Waals surface area contributed by atoms with Gasteiger partial charge in [-0.15, -0.1) is 0 Å². The first-order valence-electron chi connectivity index (χ1n) is 4.62. The van der Waals surface area contributed by atoms with Crippen LogP contribution in [0.3, 0.4) is 0 Å². The van der Waals surface area contributed by atoms with Crippen LogP contribution in [0.15, 0.2) is 37.1 Å². The summed E-state index contributed by atoms with van der Waals surface area (Å²) in [4.78, 5) is 8.03. The lowest BCUT2D eigenvalue weighted by atomic mass is 10.2. The summed E-state index contributed by atoms with van der Waals surface area (Å²) in [6.45, 7) is -0.105. The van der Waals surface area contributed by atoms with Gasteiger partial charge in [0.1, 0.15) is 0 Å². The molecule has 0 spiro atoms. The standard InChI is InChI=1S/C10H12N4O/c11-9(6-15)10-5-13-7-14(10)8-2-1-3-12-4-8/h1-5,7,9,15H,6,11H2. The van der Waals surface area contributed by atoms with Crippen LogP contribution >= 0.6 is 0 Å². The fraction of sp³-hybridized carbons (Fsp3) is 0.200. The number of aromatic nitrogens is 3. The lowest BCUT2D eigenvalue weighted by Crippen LogP contribution is -2.18. The molecule has 0 aromatic carbocycles. The molecule has 5 nitrogen and oxygen atoms in total. The second-order valence-corrected chi connectivity index (χ2v) is 3.19. The number of nitrogens with two attached hydrogens (primary N) is 1. The van der Waals surface area contributed by atoms with Gasteiger partial charge >= 0.3 is 0 Å². The number of nitrogens with zero attached hydrogens (tertiary/aromatic N) is 3. The van der Waals surface area contributed by atoms with E-state index in [4.69, 9.17) is 10.8 Å². The van der Waals surface area contributed by atoms with Crippen LogP contribution in [-0.2, 0) is 0 Å². The SMILES string of the molecule is NC(CO)c1cncn1-c1cccnc1. The van der Waals surface area contributed by atoms with Gasteiger partial charge in [-0.05, 0) is 12.1 Å². The zero-order valence-electron chi connectivity index (χ0n) is 8.11. The van der Waals surface area contributed by atoms with Gasteiger partial charge in [0.05, 0.1) is 42.8 Å². The maximum Gasteiger partial charge on any atom is 0.0995 e. The first-order chi connectivity index (χ1) is 7.33. The fourth-order valence-corrected chi connectivity index (χ4v) is 1.39. The van der Waals surface area contributed by atoms with Crippen LogP contribution in [0.5, 0.6) is 0 Å². The molecule has 0 amide bonds. The highest BCUT2D eigenvalue weighted by Crippen LogP contribution is 2.14. The Labute approximate surface area is 87.2 Å². The molecule has 0 radical (unpaired) electrons. The summed E-state index contributed by atoms with van der Waals surface area (Å²) in [6.07, 6.45) is 6.72. The maximum absolute atomic E-state index is 9.00. The summed E-state index contributed by atoms with van der Waals surface area (Å²) in [7, 11) is 0. The van der Waals surface area contributed by atoms with E-state index in [9.17, 15) is 0 Å². The Balaban J connectivity index is 2.41. The van der Waals surface area contributed by atoms with Gasteiger partial charge in [0, 0.05) is 6.20 Å². The molecule has 78 valence electrons. The Bertz CT molecular complexity index is 426. The van der Waals surface area contributed by atoms with Crippen LogP contribution in [0.2, 0.25) is 0 Å². The predicted octanol–water partition coefficient (Wildman–Crippen LogP) is 0.259. The van der Waals surface area contributed by atoms with E-state index in [0.717, 1.165) is 11.4 Å². The number of rotatable bonds is 3. The van der Waals surface area contributed by atoms with Gasteiger partial charge in [-0.3, -0.25) is 4.98 Å². The topological polar surface area (TPSA) is 77.0 Å². The van der Waals surface area contributed by atoms with Gasteiger partial charge in [0.15, 0.2) is 0 Å². The molecular weight excluding hydrogens is 192 g/mol. The van der Waals surface area contributed by atoms with Crippen molar-refractivity contribution in [3.63, 3.8) is 0 Å². The average Bonchev–Trinajstić information content (AvgIpc) is 2.78. The van der Waals surface area contributed by atoms with Crippen molar-refractivity contribution >= 4 is 0 Å². The van der Waals surface area contributed by atoms with Crippen LogP contribution in [-0.4, -0.2) is 26.2 Å². The second-order valence-electron chi connectivity index (χ2n) is 3.19. The van der Waals surface area contributed by atoms with Gasteiger partial charge < -0.3 is 15.4 Å². The summed E-state index contributed by atoms with van der Waals surface area (Å²) in [5, 5.41) is 9.00. The van der Waals surface area contributed by atoms with Crippen molar-refractivity contribution in [1.82, 2.24) is 14.5 Å². The van der Waals surface area contributed by atoms with E-state index in [1.165, 1.54) is 0 Å². The molecule has 1 atom stereocenters. The molecule has 3 N–H and O–H groups in total. The Morgan fingerprint density at radius 3 is 2.93 bits per heavy atom. The number of pyridine rings is 1. The number of hydrogen-bond donors (Lipinski definition) is 2. The highest BCUT2D eigenvalue weighted by Gasteiger charge is 2.11. The number of aliphatic hydroxyl groups excluding tert-OH is 1. The van der Waals surface area contributed by atoms with E-state index in [-0.39, 0.29) is 6.61 Å². The highest BCUT2D eigenvalue weighted by atomic mass is 16.3. The quantitative estimate of drug-likeness (QED) is 0.751. The molecule has 0 aliphatic heterocycles. The van der Waals surface area contributed by atoms with Gasteiger partial charge in [-0.2, -0.15) is 0 Å². The Hall–Kier alpha value is -1.72. The molecule has 0 fully saturated rings. The van der Waals surface area contributed by atoms with Gasteiger partial charge in [0.2, 0.25) is 0 Å². The van der Waals surface area contributed by atoms with Crippen LogP contribution < -0.4 is 5.73 Å². The third-order valence-corrected chi connectivity index (χ3v) is 2.17. The molecule has 0 saturated heterocycles. The first kappa shape index (κ1) is 9.82. The molecule has 2 heterocycles. The molecule has 0 aliphatic rings. The Morgan fingerprint density at radius 2 is 2.27 bits per heavy atom. The molecule has 2 aromatic heterocycles. The summed E-state index contributed by atoms with van der Waals surface area (Å²) < 4.78 is 1.81. The predicted molar refractivity (Wildman–Crippen MR) is 55.4 cm³/mol. The number of imidazole rings is 1. The lowest BCUT2D eigenvalue weighted by Gasteiger charge is -2.11. The number of aliphatic hydroxyl groups is 1. The van der Waals surface area contributed by atoms with E-state index < -0.39 is 6.04 Å². The van der Waals surface area contributed by atoms with Gasteiger partial charge in [-0.1, -0.05) is 0 Å². The van der Waals surface area contributed by atoms with E-state index in [1.807, 2.05) is 16.7 Å². The Morgan fingerprint density at radius 1 is 1.40 bits per heavy atom. The summed E-state index contributed by atoms with van der Waals surface area (Å²) in [6, 6.07) is 3.32. The smallest absolute Gasteiger partial charge is 0.0995 e. The van der Waals surface area contributed by atoms with Crippen molar-refractivity contribution < 1.29 is 5.11 Å². The first-order valence-corrected chi connectivity index (χ1v) is 4.62. The van der Waals surface area contributed by atoms with Crippen molar-refractivity contribution in [1.29, 1.82) is 0 Å². The van der Waals surface area contributed by atoms with Crippen LogP contribution in [0.1, 0.15) is 11.7 Å². The van der Waals surface area contributed by atoms with Crippen molar-refractivity contribution in [2.45, 2.75) is 6.04 Å².